The molecule has 0 aliphatic carbocycles. The molecule has 1 aromatic carbocycles. The zero-order chi connectivity index (χ0) is 16.7. The number of carbonyl (C=O) groups is 1. The maximum Gasteiger partial charge on any atom is 0.233 e. The molecule has 0 aromatic heterocycles. The number of thioether (sulfide) groups is 1. The summed E-state index contributed by atoms with van der Waals surface area (Å²) in [6.07, 6.45) is 0. The standard InChI is InChI=1S/C16H23FN2OS2/c1-5-19(6-2)16(21)22-12(4)15(20)18-11(3)13-7-9-14(17)10-8-13/h7-12H,5-6H2,1-4H3,(H,18,20)/t11-,12-/m0/s1. The topological polar surface area (TPSA) is 32.3 Å². The normalized spacial score (nSPS) is 13.3. The van der Waals surface area contributed by atoms with Gasteiger partial charge in [-0.1, -0.05) is 36.1 Å². The van der Waals surface area contributed by atoms with Crippen LogP contribution in [0.3, 0.4) is 0 Å². The first kappa shape index (κ1) is 18.9. The fraction of sp³-hybridized carbons (Fsp3) is 0.500. The summed E-state index contributed by atoms with van der Waals surface area (Å²) in [5, 5.41) is 2.67. The molecular formula is C16H23FN2OS2. The molecule has 3 nitrogen and oxygen atoms in total. The van der Waals surface area contributed by atoms with Gasteiger partial charge < -0.3 is 10.2 Å². The monoisotopic (exact) mass is 342 g/mol. The van der Waals surface area contributed by atoms with Gasteiger partial charge in [-0.05, 0) is 45.4 Å². The van der Waals surface area contributed by atoms with Crippen molar-refractivity contribution in [3.63, 3.8) is 0 Å². The van der Waals surface area contributed by atoms with E-state index in [0.29, 0.717) is 0 Å². The summed E-state index contributed by atoms with van der Waals surface area (Å²) in [7, 11) is 0. The maximum absolute atomic E-state index is 12.9. The number of nitrogens with one attached hydrogen (secondary N) is 1. The van der Waals surface area contributed by atoms with Crippen LogP contribution in [0.4, 0.5) is 4.39 Å². The van der Waals surface area contributed by atoms with Crippen LogP contribution in [0.1, 0.15) is 39.3 Å². The molecule has 22 heavy (non-hydrogen) atoms. The Bertz CT molecular complexity index is 503. The molecule has 0 heterocycles. The van der Waals surface area contributed by atoms with Crippen LogP contribution in [0.5, 0.6) is 0 Å². The van der Waals surface area contributed by atoms with Crippen molar-refractivity contribution in [1.82, 2.24) is 10.2 Å². The molecule has 0 saturated heterocycles. The Morgan fingerprint density at radius 1 is 1.27 bits per heavy atom. The van der Waals surface area contributed by atoms with E-state index in [-0.39, 0.29) is 23.0 Å². The van der Waals surface area contributed by atoms with Gasteiger partial charge in [0.15, 0.2) is 0 Å². The molecule has 0 saturated carbocycles. The molecule has 0 radical (unpaired) electrons. The van der Waals surface area contributed by atoms with Gasteiger partial charge in [-0.3, -0.25) is 4.79 Å². The van der Waals surface area contributed by atoms with Gasteiger partial charge in [0.2, 0.25) is 5.91 Å². The summed E-state index contributed by atoms with van der Waals surface area (Å²) in [6, 6.07) is 5.98. The number of nitrogens with zero attached hydrogens (tertiary/aromatic N) is 1. The minimum absolute atomic E-state index is 0.0728. The van der Waals surface area contributed by atoms with Crippen LogP contribution < -0.4 is 5.32 Å². The molecule has 0 spiro atoms. The fourth-order valence-corrected chi connectivity index (χ4v) is 3.50. The second-order valence-corrected chi connectivity index (χ2v) is 6.95. The fourth-order valence-electron chi connectivity index (χ4n) is 1.93. The number of benzene rings is 1. The third kappa shape index (κ3) is 5.57. The number of carbonyl (C=O) groups excluding carboxylic acids is 1. The number of hydrogen-bond donors (Lipinski definition) is 1. The van der Waals surface area contributed by atoms with Gasteiger partial charge in [0.05, 0.1) is 11.3 Å². The lowest BCUT2D eigenvalue weighted by Crippen LogP contribution is -2.35. The van der Waals surface area contributed by atoms with E-state index in [4.69, 9.17) is 12.2 Å². The van der Waals surface area contributed by atoms with Crippen molar-refractivity contribution in [3.8, 4) is 0 Å². The first-order valence-corrected chi connectivity index (χ1v) is 8.69. The SMILES string of the molecule is CCN(CC)C(=S)S[C@@H](C)C(=O)N[C@@H](C)c1ccc(F)cc1. The van der Waals surface area contributed by atoms with Crippen molar-refractivity contribution < 1.29 is 9.18 Å². The highest BCUT2D eigenvalue weighted by Crippen LogP contribution is 2.18. The first-order valence-electron chi connectivity index (χ1n) is 7.40. The molecule has 1 rings (SSSR count). The van der Waals surface area contributed by atoms with E-state index >= 15 is 0 Å². The Hall–Kier alpha value is -1.14. The van der Waals surface area contributed by atoms with Crippen molar-refractivity contribution in [2.45, 2.75) is 39.0 Å². The summed E-state index contributed by atoms with van der Waals surface area (Å²) >= 11 is 6.75. The van der Waals surface area contributed by atoms with Crippen LogP contribution in [0.15, 0.2) is 24.3 Å². The van der Waals surface area contributed by atoms with E-state index in [0.717, 1.165) is 23.0 Å². The van der Waals surface area contributed by atoms with Gasteiger partial charge in [-0.15, -0.1) is 0 Å². The Balaban J connectivity index is 2.56. The zero-order valence-corrected chi connectivity index (χ0v) is 15.1. The quantitative estimate of drug-likeness (QED) is 0.798. The summed E-state index contributed by atoms with van der Waals surface area (Å²) in [5.41, 5.74) is 0.873. The molecule has 0 aliphatic rings. The van der Waals surface area contributed by atoms with Gasteiger partial charge in [0.25, 0.3) is 0 Å². The molecule has 122 valence electrons. The molecule has 1 amide bonds. The van der Waals surface area contributed by atoms with Crippen LogP contribution >= 0.6 is 24.0 Å². The average molecular weight is 343 g/mol. The summed E-state index contributed by atoms with van der Waals surface area (Å²) < 4.78 is 13.7. The lowest BCUT2D eigenvalue weighted by molar-refractivity contribution is -0.120. The third-order valence-electron chi connectivity index (χ3n) is 3.40. The zero-order valence-electron chi connectivity index (χ0n) is 13.4. The third-order valence-corrected chi connectivity index (χ3v) is 4.97. The van der Waals surface area contributed by atoms with E-state index < -0.39 is 0 Å². The van der Waals surface area contributed by atoms with E-state index in [2.05, 4.69) is 5.32 Å². The Morgan fingerprint density at radius 2 is 1.82 bits per heavy atom. The first-order chi connectivity index (χ1) is 10.4. The number of hydrogen-bond acceptors (Lipinski definition) is 3. The molecule has 0 fully saturated rings. The van der Waals surface area contributed by atoms with Gasteiger partial charge in [0, 0.05) is 13.1 Å². The van der Waals surface area contributed by atoms with Crippen LogP contribution in [0, 0.1) is 5.82 Å². The van der Waals surface area contributed by atoms with Crippen LogP contribution in [0.25, 0.3) is 0 Å². The lowest BCUT2D eigenvalue weighted by atomic mass is 10.1. The van der Waals surface area contributed by atoms with Gasteiger partial charge in [-0.2, -0.15) is 0 Å². The number of rotatable bonds is 6. The average Bonchev–Trinajstić information content (AvgIpc) is 2.48. The number of halogens is 1. The predicted octanol–water partition coefficient (Wildman–Crippen LogP) is 3.75. The van der Waals surface area contributed by atoms with Gasteiger partial charge >= 0.3 is 0 Å². The van der Waals surface area contributed by atoms with Gasteiger partial charge in [0.1, 0.15) is 10.1 Å². The van der Waals surface area contributed by atoms with Crippen molar-refractivity contribution in [2.24, 2.45) is 0 Å². The number of amides is 1. The summed E-state index contributed by atoms with van der Waals surface area (Å²) in [6.45, 7) is 9.47. The minimum atomic E-state index is -0.282. The Labute approximate surface area is 141 Å². The molecular weight excluding hydrogens is 319 g/mol. The molecule has 0 unspecified atom stereocenters. The van der Waals surface area contributed by atoms with Crippen molar-refractivity contribution in [1.29, 1.82) is 0 Å². The highest BCUT2D eigenvalue weighted by Gasteiger charge is 2.20. The minimum Gasteiger partial charge on any atom is -0.358 e. The van der Waals surface area contributed by atoms with Crippen molar-refractivity contribution in [2.75, 3.05) is 13.1 Å². The molecule has 2 atom stereocenters. The molecule has 1 aromatic rings. The summed E-state index contributed by atoms with van der Waals surface area (Å²) in [5.74, 6) is -0.355. The largest absolute Gasteiger partial charge is 0.358 e. The van der Waals surface area contributed by atoms with Crippen molar-refractivity contribution >= 4 is 34.2 Å². The second kappa shape index (κ2) is 9.10. The molecule has 6 heteroatoms. The Morgan fingerprint density at radius 3 is 2.32 bits per heavy atom. The molecule has 0 bridgehead atoms. The highest BCUT2D eigenvalue weighted by atomic mass is 32.2. The van der Waals surface area contributed by atoms with Gasteiger partial charge in [-0.25, -0.2) is 4.39 Å². The Kier molecular flexibility index (Phi) is 7.82. The molecule has 0 aliphatic heterocycles. The van der Waals surface area contributed by atoms with E-state index in [1.54, 1.807) is 12.1 Å². The van der Waals surface area contributed by atoms with E-state index in [1.165, 1.54) is 23.9 Å². The lowest BCUT2D eigenvalue weighted by Gasteiger charge is -2.23. The van der Waals surface area contributed by atoms with Crippen molar-refractivity contribution in [3.05, 3.63) is 35.6 Å². The van der Waals surface area contributed by atoms with Crippen LogP contribution in [-0.2, 0) is 4.79 Å². The second-order valence-electron chi connectivity index (χ2n) is 4.98. The predicted molar refractivity (Wildman–Crippen MR) is 95.5 cm³/mol. The summed E-state index contributed by atoms with van der Waals surface area (Å²) in [4.78, 5) is 14.3. The maximum atomic E-state index is 12.9. The van der Waals surface area contributed by atoms with Crippen LogP contribution in [0.2, 0.25) is 0 Å². The smallest absolute Gasteiger partial charge is 0.233 e. The van der Waals surface area contributed by atoms with E-state index in [1.807, 2.05) is 32.6 Å². The van der Waals surface area contributed by atoms with E-state index in [9.17, 15) is 9.18 Å². The highest BCUT2D eigenvalue weighted by molar-refractivity contribution is 8.23. The molecule has 1 N–H and O–H groups in total. The van der Waals surface area contributed by atoms with Crippen LogP contribution in [-0.4, -0.2) is 33.5 Å². The number of thiocarbonyl (C=S) groups is 1.